The Labute approximate surface area is 177 Å². The van der Waals surface area contributed by atoms with E-state index in [-0.39, 0.29) is 30.3 Å². The molecule has 28 heavy (non-hydrogen) atoms. The molecule has 1 saturated carbocycles. The first-order chi connectivity index (χ1) is 12.8. The van der Waals surface area contributed by atoms with Gasteiger partial charge in [0, 0.05) is 25.2 Å². The van der Waals surface area contributed by atoms with E-state index in [1.807, 2.05) is 11.8 Å². The van der Waals surface area contributed by atoms with Gasteiger partial charge in [-0.25, -0.2) is 0 Å². The number of aliphatic carboxylic acids is 1. The monoisotopic (exact) mass is 430 g/mol. The predicted molar refractivity (Wildman–Crippen MR) is 110 cm³/mol. The predicted octanol–water partition coefficient (Wildman–Crippen LogP) is 3.17. The lowest BCUT2D eigenvalue weighted by Gasteiger charge is -2.29. The molecular weight excluding hydrogens is 403 g/mol. The first-order valence-electron chi connectivity index (χ1n) is 9.44. The molecule has 2 fully saturated rings. The molecule has 1 aliphatic carbocycles. The zero-order valence-corrected chi connectivity index (χ0v) is 17.8. The van der Waals surface area contributed by atoms with Crippen molar-refractivity contribution in [1.82, 2.24) is 9.80 Å². The third-order valence-corrected chi connectivity index (χ3v) is 6.37. The van der Waals surface area contributed by atoms with Crippen LogP contribution in [0.1, 0.15) is 26.2 Å². The summed E-state index contributed by atoms with van der Waals surface area (Å²) in [5.41, 5.74) is -0.662. The van der Waals surface area contributed by atoms with E-state index >= 15 is 0 Å². The van der Waals surface area contributed by atoms with Crippen molar-refractivity contribution < 1.29 is 19.4 Å². The first kappa shape index (κ1) is 22.8. The molecule has 0 spiro atoms. The second kappa shape index (κ2) is 9.33. The van der Waals surface area contributed by atoms with Crippen LogP contribution in [0.5, 0.6) is 5.75 Å². The molecule has 8 heteroatoms. The number of carboxylic acids is 1. The van der Waals surface area contributed by atoms with Crippen molar-refractivity contribution in [2.75, 3.05) is 33.3 Å². The van der Waals surface area contributed by atoms with Gasteiger partial charge in [-0.3, -0.25) is 14.5 Å². The Morgan fingerprint density at radius 3 is 2.68 bits per heavy atom. The fraction of sp³-hybridized carbons (Fsp3) is 0.600. The standard InChI is InChI=1S/C20H27ClN2O4.ClH/c1-14(23-12-15-4-3-9-20(15,13-23)19(25)26)18(24)22(2)10-11-27-17-7-5-16(21)6-8-17;/h5-8,14-15H,3-4,9-13H2,1-2H3,(H,25,26);1H/t14?,15-,20+;/m0./s1. The van der Waals surface area contributed by atoms with Crippen molar-refractivity contribution in [3.63, 3.8) is 0 Å². The maximum absolute atomic E-state index is 12.8. The molecule has 1 heterocycles. The third kappa shape index (κ3) is 4.56. The number of ether oxygens (including phenoxy) is 1. The van der Waals surface area contributed by atoms with Gasteiger partial charge in [-0.15, -0.1) is 12.4 Å². The molecule has 1 aromatic carbocycles. The van der Waals surface area contributed by atoms with E-state index in [2.05, 4.69) is 0 Å². The van der Waals surface area contributed by atoms with Crippen LogP contribution in [0.25, 0.3) is 0 Å². The summed E-state index contributed by atoms with van der Waals surface area (Å²) in [5, 5.41) is 10.4. The highest BCUT2D eigenvalue weighted by molar-refractivity contribution is 6.30. The largest absolute Gasteiger partial charge is 0.492 e. The molecule has 0 aromatic heterocycles. The average molecular weight is 431 g/mol. The van der Waals surface area contributed by atoms with Gasteiger partial charge in [0.05, 0.1) is 18.0 Å². The zero-order chi connectivity index (χ0) is 19.6. The number of carbonyl (C=O) groups is 2. The minimum absolute atomic E-state index is 0. The molecular formula is C20H28Cl2N2O4. The van der Waals surface area contributed by atoms with E-state index < -0.39 is 11.4 Å². The minimum atomic E-state index is -0.711. The van der Waals surface area contributed by atoms with Gasteiger partial charge in [0.2, 0.25) is 5.91 Å². The van der Waals surface area contributed by atoms with E-state index in [0.717, 1.165) is 19.3 Å². The lowest BCUT2D eigenvalue weighted by Crippen LogP contribution is -2.47. The highest BCUT2D eigenvalue weighted by Gasteiger charge is 2.55. The molecule has 1 N–H and O–H groups in total. The number of carboxylic acid groups (broad SMARTS) is 1. The average Bonchev–Trinajstić information content (AvgIpc) is 3.20. The molecule has 3 rings (SSSR count). The summed E-state index contributed by atoms with van der Waals surface area (Å²) < 4.78 is 5.65. The number of amides is 1. The van der Waals surface area contributed by atoms with Gasteiger partial charge in [0.1, 0.15) is 12.4 Å². The summed E-state index contributed by atoms with van der Waals surface area (Å²) >= 11 is 5.85. The Bertz CT molecular complexity index is 700. The summed E-state index contributed by atoms with van der Waals surface area (Å²) in [6.45, 7) is 3.88. The van der Waals surface area contributed by atoms with Crippen molar-refractivity contribution in [3.05, 3.63) is 29.3 Å². The van der Waals surface area contributed by atoms with Gasteiger partial charge < -0.3 is 14.7 Å². The SMILES string of the molecule is CC(C(=O)N(C)CCOc1ccc(Cl)cc1)N1C[C@@H]2CCC[C@@]2(C(=O)O)C1.Cl. The minimum Gasteiger partial charge on any atom is -0.492 e. The highest BCUT2D eigenvalue weighted by atomic mass is 35.5. The van der Waals surface area contributed by atoms with Crippen LogP contribution >= 0.6 is 24.0 Å². The molecule has 0 bridgehead atoms. The molecule has 1 saturated heterocycles. The van der Waals surface area contributed by atoms with E-state index in [4.69, 9.17) is 16.3 Å². The van der Waals surface area contributed by atoms with Gasteiger partial charge in [-0.05, 0) is 49.9 Å². The van der Waals surface area contributed by atoms with E-state index in [1.165, 1.54) is 0 Å². The fourth-order valence-corrected chi connectivity index (χ4v) is 4.52. The van der Waals surface area contributed by atoms with Crippen LogP contribution in [0.3, 0.4) is 0 Å². The first-order valence-corrected chi connectivity index (χ1v) is 9.82. The topological polar surface area (TPSA) is 70.1 Å². The van der Waals surface area contributed by atoms with Gasteiger partial charge in [-0.2, -0.15) is 0 Å². The second-order valence-electron chi connectivity index (χ2n) is 7.72. The zero-order valence-electron chi connectivity index (χ0n) is 16.3. The van der Waals surface area contributed by atoms with Crippen molar-refractivity contribution in [2.45, 2.75) is 32.2 Å². The Morgan fingerprint density at radius 2 is 2.07 bits per heavy atom. The molecule has 6 nitrogen and oxygen atoms in total. The van der Waals surface area contributed by atoms with E-state index in [9.17, 15) is 14.7 Å². The Kier molecular flexibility index (Phi) is 7.59. The summed E-state index contributed by atoms with van der Waals surface area (Å²) in [5.74, 6) is 0.153. The maximum atomic E-state index is 12.8. The van der Waals surface area contributed by atoms with Crippen LogP contribution in [0, 0.1) is 11.3 Å². The highest BCUT2D eigenvalue weighted by Crippen LogP contribution is 2.49. The molecule has 1 unspecified atom stereocenters. The van der Waals surface area contributed by atoms with Gasteiger partial charge >= 0.3 is 5.97 Å². The Balaban J connectivity index is 0.00000280. The number of likely N-dealkylation sites (tertiary alicyclic amines) is 1. The van der Waals surface area contributed by atoms with Crippen molar-refractivity contribution in [1.29, 1.82) is 0 Å². The number of hydrogen-bond donors (Lipinski definition) is 1. The van der Waals surface area contributed by atoms with E-state index in [0.29, 0.717) is 37.0 Å². The van der Waals surface area contributed by atoms with Crippen LogP contribution in [0.15, 0.2) is 24.3 Å². The smallest absolute Gasteiger partial charge is 0.311 e. The molecule has 1 aliphatic heterocycles. The molecule has 3 atom stereocenters. The van der Waals surface area contributed by atoms with Crippen molar-refractivity contribution >= 4 is 35.9 Å². The van der Waals surface area contributed by atoms with Crippen molar-refractivity contribution in [2.24, 2.45) is 11.3 Å². The van der Waals surface area contributed by atoms with Crippen LogP contribution in [0.2, 0.25) is 5.02 Å². The summed E-state index contributed by atoms with van der Waals surface area (Å²) in [4.78, 5) is 28.3. The second-order valence-corrected chi connectivity index (χ2v) is 8.15. The van der Waals surface area contributed by atoms with Gasteiger partial charge in [0.15, 0.2) is 0 Å². The van der Waals surface area contributed by atoms with Crippen LogP contribution in [0.4, 0.5) is 0 Å². The fourth-order valence-electron chi connectivity index (χ4n) is 4.39. The Hall–Kier alpha value is -1.50. The summed E-state index contributed by atoms with van der Waals surface area (Å²) in [6.07, 6.45) is 2.62. The molecule has 0 radical (unpaired) electrons. The van der Waals surface area contributed by atoms with Crippen LogP contribution in [-0.4, -0.2) is 66.1 Å². The molecule has 1 amide bonds. The lowest BCUT2D eigenvalue weighted by atomic mass is 9.81. The van der Waals surface area contributed by atoms with E-state index in [1.54, 1.807) is 36.2 Å². The van der Waals surface area contributed by atoms with Crippen LogP contribution in [-0.2, 0) is 9.59 Å². The quantitative estimate of drug-likeness (QED) is 0.718. The van der Waals surface area contributed by atoms with Crippen LogP contribution < -0.4 is 4.74 Å². The van der Waals surface area contributed by atoms with Gasteiger partial charge in [0.25, 0.3) is 0 Å². The number of benzene rings is 1. The number of rotatable bonds is 7. The summed E-state index contributed by atoms with van der Waals surface area (Å²) in [7, 11) is 1.76. The normalized spacial score (nSPS) is 24.9. The summed E-state index contributed by atoms with van der Waals surface area (Å²) in [6, 6.07) is 6.78. The number of likely N-dealkylation sites (N-methyl/N-ethyl adjacent to an activating group) is 1. The number of halogens is 2. The lowest BCUT2D eigenvalue weighted by molar-refractivity contribution is -0.150. The number of hydrogen-bond acceptors (Lipinski definition) is 4. The van der Waals surface area contributed by atoms with Crippen molar-refractivity contribution in [3.8, 4) is 5.75 Å². The molecule has 156 valence electrons. The number of carbonyl (C=O) groups excluding carboxylic acids is 1. The number of nitrogens with zero attached hydrogens (tertiary/aromatic N) is 2. The third-order valence-electron chi connectivity index (χ3n) is 6.11. The maximum Gasteiger partial charge on any atom is 0.311 e. The molecule has 2 aliphatic rings. The Morgan fingerprint density at radius 1 is 1.39 bits per heavy atom. The molecule has 1 aromatic rings. The number of fused-ring (bicyclic) bond motifs is 1. The van der Waals surface area contributed by atoms with Gasteiger partial charge in [-0.1, -0.05) is 18.0 Å².